The molecule has 1 saturated heterocycles. The highest BCUT2D eigenvalue weighted by molar-refractivity contribution is 5.71. The molecule has 1 N–H and O–H groups in total. The Morgan fingerprint density at radius 1 is 1.41 bits per heavy atom. The molecule has 1 atom stereocenters. The Balaban J connectivity index is 2.04. The number of rotatable bonds is 6. The first-order valence-electron chi connectivity index (χ1n) is 6.32. The molecule has 1 aliphatic heterocycles. The summed E-state index contributed by atoms with van der Waals surface area (Å²) < 4.78 is 10.4. The van der Waals surface area contributed by atoms with E-state index in [0.29, 0.717) is 19.6 Å². The van der Waals surface area contributed by atoms with E-state index >= 15 is 0 Å². The third kappa shape index (κ3) is 5.71. The average molecular weight is 240 g/mol. The molecular formula is C13H22NO3+. The first-order valence-corrected chi connectivity index (χ1v) is 6.32. The zero-order valence-electron chi connectivity index (χ0n) is 10.8. The van der Waals surface area contributed by atoms with Crippen molar-refractivity contribution in [2.45, 2.75) is 32.8 Å². The number of esters is 1. The van der Waals surface area contributed by atoms with E-state index in [-0.39, 0.29) is 12.1 Å². The van der Waals surface area contributed by atoms with Crippen molar-refractivity contribution in [2.24, 2.45) is 0 Å². The van der Waals surface area contributed by atoms with Crippen molar-refractivity contribution in [1.29, 1.82) is 0 Å². The highest BCUT2D eigenvalue weighted by Gasteiger charge is 2.22. The second-order valence-corrected chi connectivity index (χ2v) is 4.15. The van der Waals surface area contributed by atoms with Crippen LogP contribution in [0.2, 0.25) is 0 Å². The predicted octanol–water partition coefficient (Wildman–Crippen LogP) is -0.363. The van der Waals surface area contributed by atoms with Gasteiger partial charge in [-0.2, -0.15) is 0 Å². The minimum absolute atomic E-state index is 0.0577. The molecule has 0 aromatic carbocycles. The number of carbonyl (C=O) groups excluding carboxylic acids is 1. The van der Waals surface area contributed by atoms with Crippen LogP contribution in [-0.2, 0) is 14.3 Å². The van der Waals surface area contributed by atoms with Crippen molar-refractivity contribution in [2.75, 3.05) is 32.8 Å². The molecule has 0 spiro atoms. The molecule has 4 nitrogen and oxygen atoms in total. The summed E-state index contributed by atoms with van der Waals surface area (Å²) in [6.07, 6.45) is 1.23. The molecule has 96 valence electrons. The fourth-order valence-electron chi connectivity index (χ4n) is 1.68. The van der Waals surface area contributed by atoms with Gasteiger partial charge in [0.05, 0.1) is 19.7 Å². The quantitative estimate of drug-likeness (QED) is 0.391. The molecule has 17 heavy (non-hydrogen) atoms. The average Bonchev–Trinajstić information content (AvgIpc) is 2.74. The number of hydrogen-bond acceptors (Lipinski definition) is 3. The van der Waals surface area contributed by atoms with Crippen LogP contribution in [0.5, 0.6) is 0 Å². The second-order valence-electron chi connectivity index (χ2n) is 4.15. The Morgan fingerprint density at radius 2 is 2.18 bits per heavy atom. The van der Waals surface area contributed by atoms with Gasteiger partial charge in [-0.3, -0.25) is 4.79 Å². The lowest BCUT2D eigenvalue weighted by atomic mass is 10.2. The van der Waals surface area contributed by atoms with E-state index in [1.54, 1.807) is 0 Å². The van der Waals surface area contributed by atoms with Crippen LogP contribution in [-0.4, -0.2) is 44.9 Å². The molecule has 1 fully saturated rings. The van der Waals surface area contributed by atoms with E-state index < -0.39 is 0 Å². The third-order valence-electron chi connectivity index (χ3n) is 2.91. The molecule has 0 amide bonds. The molecular weight excluding hydrogens is 218 g/mol. The van der Waals surface area contributed by atoms with Crippen LogP contribution < -0.4 is 4.90 Å². The number of hydrogen-bond donors (Lipinski definition) is 1. The lowest BCUT2D eigenvalue weighted by Crippen LogP contribution is -3.11. The van der Waals surface area contributed by atoms with Crippen molar-refractivity contribution in [3.63, 3.8) is 0 Å². The molecule has 0 radical (unpaired) electrons. The van der Waals surface area contributed by atoms with Crippen LogP contribution >= 0.6 is 0 Å². The molecule has 0 aromatic heterocycles. The van der Waals surface area contributed by atoms with Gasteiger partial charge in [-0.1, -0.05) is 5.92 Å². The highest BCUT2D eigenvalue weighted by Crippen LogP contribution is 2.13. The summed E-state index contributed by atoms with van der Waals surface area (Å²) in [5.74, 6) is 5.97. The van der Waals surface area contributed by atoms with Crippen molar-refractivity contribution < 1.29 is 19.2 Å². The van der Waals surface area contributed by atoms with Crippen molar-refractivity contribution >= 4 is 5.97 Å². The van der Waals surface area contributed by atoms with Crippen molar-refractivity contribution in [3.8, 4) is 11.8 Å². The van der Waals surface area contributed by atoms with Gasteiger partial charge in [0.1, 0.15) is 19.3 Å². The summed E-state index contributed by atoms with van der Waals surface area (Å²) in [6.45, 7) is 8.28. The van der Waals surface area contributed by atoms with Crippen LogP contribution in [0, 0.1) is 11.8 Å². The maximum atomic E-state index is 10.8. The van der Waals surface area contributed by atoms with Gasteiger partial charge in [-0.05, 0) is 26.2 Å². The summed E-state index contributed by atoms with van der Waals surface area (Å²) in [7, 11) is 0. The number of ether oxygens (including phenoxy) is 2. The topological polar surface area (TPSA) is 40.0 Å². The van der Waals surface area contributed by atoms with Gasteiger partial charge in [-0.25, -0.2) is 0 Å². The normalized spacial score (nSPS) is 19.0. The number of cyclic esters (lactones) is 1. The van der Waals surface area contributed by atoms with E-state index in [1.807, 2.05) is 0 Å². The Bertz CT molecular complexity index is 289. The fraction of sp³-hybridized carbons (Fsp3) is 0.769. The van der Waals surface area contributed by atoms with Gasteiger partial charge in [0, 0.05) is 6.42 Å². The van der Waals surface area contributed by atoms with Crippen LogP contribution in [0.15, 0.2) is 0 Å². The van der Waals surface area contributed by atoms with Gasteiger partial charge in [0.2, 0.25) is 0 Å². The summed E-state index contributed by atoms with van der Waals surface area (Å²) in [4.78, 5) is 12.3. The molecule has 1 heterocycles. The highest BCUT2D eigenvalue weighted by atomic mass is 16.6. The Hall–Kier alpha value is -1.05. The predicted molar refractivity (Wildman–Crippen MR) is 64.6 cm³/mol. The smallest absolute Gasteiger partial charge is 0.306 e. The van der Waals surface area contributed by atoms with Gasteiger partial charge in [0.15, 0.2) is 0 Å². The second kappa shape index (κ2) is 8.10. The van der Waals surface area contributed by atoms with E-state index in [9.17, 15) is 4.79 Å². The molecule has 1 rings (SSSR count). The van der Waals surface area contributed by atoms with Crippen LogP contribution in [0.25, 0.3) is 0 Å². The SMILES string of the molecule is CC[NH+](CC)CC#CCOC[C@@H]1CCC(=O)O1. The summed E-state index contributed by atoms with van der Waals surface area (Å²) >= 11 is 0. The van der Waals surface area contributed by atoms with Gasteiger partial charge in [0.25, 0.3) is 0 Å². The van der Waals surface area contributed by atoms with Crippen molar-refractivity contribution in [3.05, 3.63) is 0 Å². The number of quaternary nitrogens is 1. The zero-order chi connectivity index (χ0) is 12.5. The van der Waals surface area contributed by atoms with Crippen LogP contribution in [0.4, 0.5) is 0 Å². The first kappa shape index (κ1) is 14.0. The van der Waals surface area contributed by atoms with E-state index in [2.05, 4.69) is 25.7 Å². The monoisotopic (exact) mass is 240 g/mol. The third-order valence-corrected chi connectivity index (χ3v) is 2.91. The van der Waals surface area contributed by atoms with Crippen LogP contribution in [0.1, 0.15) is 26.7 Å². The molecule has 0 saturated carbocycles. The van der Waals surface area contributed by atoms with Gasteiger partial charge in [-0.15, -0.1) is 0 Å². The Kier molecular flexibility index (Phi) is 6.68. The Morgan fingerprint density at radius 3 is 2.76 bits per heavy atom. The number of carbonyl (C=O) groups is 1. The maximum Gasteiger partial charge on any atom is 0.306 e. The molecule has 1 aliphatic rings. The fourth-order valence-corrected chi connectivity index (χ4v) is 1.68. The molecule has 0 aliphatic carbocycles. The molecule has 0 bridgehead atoms. The van der Waals surface area contributed by atoms with E-state index in [4.69, 9.17) is 9.47 Å². The van der Waals surface area contributed by atoms with Crippen LogP contribution in [0.3, 0.4) is 0 Å². The minimum atomic E-state index is -0.116. The van der Waals surface area contributed by atoms with Gasteiger partial charge >= 0.3 is 5.97 Å². The first-order chi connectivity index (χ1) is 8.26. The number of nitrogens with one attached hydrogen (secondary N) is 1. The lowest BCUT2D eigenvalue weighted by molar-refractivity contribution is -0.889. The maximum absolute atomic E-state index is 10.8. The minimum Gasteiger partial charge on any atom is -0.460 e. The van der Waals surface area contributed by atoms with E-state index in [1.165, 1.54) is 4.90 Å². The summed E-state index contributed by atoms with van der Waals surface area (Å²) in [5, 5.41) is 0. The zero-order valence-corrected chi connectivity index (χ0v) is 10.8. The largest absolute Gasteiger partial charge is 0.460 e. The van der Waals surface area contributed by atoms with Crippen molar-refractivity contribution in [1.82, 2.24) is 0 Å². The van der Waals surface area contributed by atoms with Gasteiger partial charge < -0.3 is 14.4 Å². The summed E-state index contributed by atoms with van der Waals surface area (Å²) in [5.41, 5.74) is 0. The lowest BCUT2D eigenvalue weighted by Gasteiger charge is -2.10. The molecule has 0 aromatic rings. The summed E-state index contributed by atoms with van der Waals surface area (Å²) in [6, 6.07) is 0. The molecule has 0 unspecified atom stereocenters. The standard InChI is InChI=1S/C13H21NO3/c1-3-14(4-2)9-5-6-10-16-11-12-7-8-13(15)17-12/h12H,3-4,7-11H2,1-2H3/p+1/t12-/m0/s1. The molecule has 4 heteroatoms. The Labute approximate surface area is 103 Å². The van der Waals surface area contributed by atoms with E-state index in [0.717, 1.165) is 26.1 Å².